The Hall–Kier alpha value is -1.81. The van der Waals surface area contributed by atoms with Crippen molar-refractivity contribution in [1.82, 2.24) is 10.2 Å². The third-order valence-electron chi connectivity index (χ3n) is 3.86. The summed E-state index contributed by atoms with van der Waals surface area (Å²) in [5, 5.41) is 4.11. The fourth-order valence-electron chi connectivity index (χ4n) is 2.87. The number of carbonyl (C=O) groups excluding carboxylic acids is 1. The molecule has 0 radical (unpaired) electrons. The number of hydrogen-bond donors (Lipinski definition) is 1. The van der Waals surface area contributed by atoms with Crippen molar-refractivity contribution >= 4 is 16.9 Å². The van der Waals surface area contributed by atoms with Crippen LogP contribution in [0, 0.1) is 6.92 Å². The van der Waals surface area contributed by atoms with E-state index in [0.29, 0.717) is 5.56 Å². The van der Waals surface area contributed by atoms with Gasteiger partial charge in [0.2, 0.25) is 0 Å². The quantitative estimate of drug-likeness (QED) is 0.914. The molecule has 2 heterocycles. The van der Waals surface area contributed by atoms with E-state index in [-0.39, 0.29) is 11.9 Å². The number of furan rings is 1. The van der Waals surface area contributed by atoms with Crippen LogP contribution in [0.2, 0.25) is 0 Å². The van der Waals surface area contributed by atoms with Crippen molar-refractivity contribution in [3.05, 3.63) is 35.6 Å². The summed E-state index contributed by atoms with van der Waals surface area (Å²) in [5.41, 5.74) is 1.53. The Morgan fingerprint density at radius 2 is 2.25 bits per heavy atom. The highest BCUT2D eigenvalue weighted by Crippen LogP contribution is 2.20. The summed E-state index contributed by atoms with van der Waals surface area (Å²) >= 11 is 0. The molecule has 1 aromatic heterocycles. The van der Waals surface area contributed by atoms with Crippen molar-refractivity contribution in [3.63, 3.8) is 0 Å². The maximum Gasteiger partial charge on any atom is 0.251 e. The molecule has 4 heteroatoms. The van der Waals surface area contributed by atoms with E-state index in [4.69, 9.17) is 4.42 Å². The van der Waals surface area contributed by atoms with Gasteiger partial charge in [0.15, 0.2) is 0 Å². The molecule has 0 unspecified atom stereocenters. The van der Waals surface area contributed by atoms with Gasteiger partial charge in [0.25, 0.3) is 5.91 Å². The second-order valence-electron chi connectivity index (χ2n) is 5.68. The van der Waals surface area contributed by atoms with Crippen LogP contribution in [0.4, 0.5) is 0 Å². The van der Waals surface area contributed by atoms with Crippen LogP contribution in [0.15, 0.2) is 28.7 Å². The molecule has 0 spiro atoms. The van der Waals surface area contributed by atoms with Crippen molar-refractivity contribution in [2.75, 3.05) is 20.1 Å². The largest absolute Gasteiger partial charge is 0.461 e. The number of aryl methyl sites for hydroxylation is 1. The SMILES string of the molecule is Cc1cc2cc(C(=O)N[C@H]3CCCN(C)C3)ccc2o1. The van der Waals surface area contributed by atoms with Gasteiger partial charge in [0, 0.05) is 23.5 Å². The topological polar surface area (TPSA) is 45.5 Å². The second kappa shape index (κ2) is 5.29. The van der Waals surface area contributed by atoms with Gasteiger partial charge >= 0.3 is 0 Å². The van der Waals surface area contributed by atoms with Crippen molar-refractivity contribution in [3.8, 4) is 0 Å². The number of piperidine rings is 1. The highest BCUT2D eigenvalue weighted by molar-refractivity contribution is 5.98. The standard InChI is InChI=1S/C16H20N2O2/c1-11-8-13-9-12(5-6-15(13)20-11)16(19)17-14-4-3-7-18(2)10-14/h5-6,8-9,14H,3-4,7,10H2,1-2H3,(H,17,19)/t14-/m0/s1. The number of likely N-dealkylation sites (N-methyl/N-ethyl adjacent to an activating group) is 1. The highest BCUT2D eigenvalue weighted by Gasteiger charge is 2.19. The maximum absolute atomic E-state index is 12.3. The Bertz CT molecular complexity index is 632. The summed E-state index contributed by atoms with van der Waals surface area (Å²) in [6.45, 7) is 3.96. The average molecular weight is 272 g/mol. The molecule has 1 atom stereocenters. The molecule has 4 nitrogen and oxygen atoms in total. The number of amides is 1. The Morgan fingerprint density at radius 1 is 1.40 bits per heavy atom. The van der Waals surface area contributed by atoms with E-state index in [1.54, 1.807) is 0 Å². The average Bonchev–Trinajstić information content (AvgIpc) is 2.77. The molecule has 0 saturated carbocycles. The lowest BCUT2D eigenvalue weighted by Crippen LogP contribution is -2.46. The van der Waals surface area contributed by atoms with Crippen LogP contribution in [0.3, 0.4) is 0 Å². The fourth-order valence-corrected chi connectivity index (χ4v) is 2.87. The molecule has 2 aromatic rings. The van der Waals surface area contributed by atoms with Gasteiger partial charge in [-0.2, -0.15) is 0 Å². The highest BCUT2D eigenvalue weighted by atomic mass is 16.3. The number of fused-ring (bicyclic) bond motifs is 1. The number of nitrogens with zero attached hydrogens (tertiary/aromatic N) is 1. The Balaban J connectivity index is 1.74. The summed E-state index contributed by atoms with van der Waals surface area (Å²) in [6, 6.07) is 7.80. The predicted octanol–water partition coefficient (Wildman–Crippen LogP) is 2.57. The fraction of sp³-hybridized carbons (Fsp3) is 0.438. The molecule has 3 rings (SSSR count). The van der Waals surface area contributed by atoms with Gasteiger partial charge in [0.05, 0.1) is 0 Å². The lowest BCUT2D eigenvalue weighted by Gasteiger charge is -2.30. The van der Waals surface area contributed by atoms with Crippen LogP contribution in [0.5, 0.6) is 0 Å². The first kappa shape index (κ1) is 13.2. The molecule has 1 aliphatic rings. The number of carbonyl (C=O) groups is 1. The van der Waals surface area contributed by atoms with Crippen LogP contribution in [0.1, 0.15) is 29.0 Å². The number of nitrogens with one attached hydrogen (secondary N) is 1. The first-order valence-corrected chi connectivity index (χ1v) is 7.11. The Morgan fingerprint density at radius 3 is 3.05 bits per heavy atom. The van der Waals surface area contributed by atoms with Gasteiger partial charge in [-0.3, -0.25) is 4.79 Å². The van der Waals surface area contributed by atoms with Crippen molar-refractivity contribution in [2.24, 2.45) is 0 Å². The van der Waals surface area contributed by atoms with E-state index in [2.05, 4.69) is 17.3 Å². The lowest BCUT2D eigenvalue weighted by molar-refractivity contribution is 0.0912. The Kier molecular flexibility index (Phi) is 3.49. The summed E-state index contributed by atoms with van der Waals surface area (Å²) in [5.74, 6) is 0.873. The van der Waals surface area contributed by atoms with Crippen LogP contribution in [0.25, 0.3) is 11.0 Å². The van der Waals surface area contributed by atoms with E-state index >= 15 is 0 Å². The molecule has 1 amide bonds. The predicted molar refractivity (Wildman–Crippen MR) is 78.9 cm³/mol. The number of hydrogen-bond acceptors (Lipinski definition) is 3. The minimum absolute atomic E-state index is 0.00560. The molecule has 20 heavy (non-hydrogen) atoms. The van der Waals surface area contributed by atoms with Crippen LogP contribution in [-0.2, 0) is 0 Å². The molecule has 1 fully saturated rings. The normalized spacial score (nSPS) is 20.2. The molecular formula is C16H20N2O2. The zero-order chi connectivity index (χ0) is 14.1. The van der Waals surface area contributed by atoms with Crippen molar-refractivity contribution in [2.45, 2.75) is 25.8 Å². The van der Waals surface area contributed by atoms with Gasteiger partial charge in [0.1, 0.15) is 11.3 Å². The van der Waals surface area contributed by atoms with Gasteiger partial charge < -0.3 is 14.6 Å². The molecule has 106 valence electrons. The van der Waals surface area contributed by atoms with Crippen molar-refractivity contribution in [1.29, 1.82) is 0 Å². The Labute approximate surface area is 118 Å². The van der Waals surface area contributed by atoms with Crippen LogP contribution in [-0.4, -0.2) is 37.0 Å². The van der Waals surface area contributed by atoms with Gasteiger partial charge in [-0.15, -0.1) is 0 Å². The summed E-state index contributed by atoms with van der Waals surface area (Å²) < 4.78 is 5.53. The zero-order valence-corrected chi connectivity index (χ0v) is 12.0. The van der Waals surface area contributed by atoms with Crippen molar-refractivity contribution < 1.29 is 9.21 Å². The monoisotopic (exact) mass is 272 g/mol. The molecule has 0 bridgehead atoms. The molecule has 1 aromatic carbocycles. The van der Waals surface area contributed by atoms with Gasteiger partial charge in [-0.05, 0) is 57.6 Å². The molecule has 0 aliphatic carbocycles. The number of benzene rings is 1. The van der Waals surface area contributed by atoms with E-state index in [9.17, 15) is 4.79 Å². The van der Waals surface area contributed by atoms with E-state index in [1.807, 2.05) is 31.2 Å². The van der Waals surface area contributed by atoms with Crippen LogP contribution >= 0.6 is 0 Å². The molecule has 1 aliphatic heterocycles. The third kappa shape index (κ3) is 2.70. The lowest BCUT2D eigenvalue weighted by atomic mass is 10.1. The zero-order valence-electron chi connectivity index (χ0n) is 12.0. The second-order valence-corrected chi connectivity index (χ2v) is 5.68. The maximum atomic E-state index is 12.3. The number of likely N-dealkylation sites (tertiary alicyclic amines) is 1. The van der Waals surface area contributed by atoms with E-state index in [1.165, 1.54) is 0 Å². The van der Waals surface area contributed by atoms with Gasteiger partial charge in [-0.25, -0.2) is 0 Å². The van der Waals surface area contributed by atoms with Crippen LogP contribution < -0.4 is 5.32 Å². The smallest absolute Gasteiger partial charge is 0.251 e. The molecule has 1 saturated heterocycles. The summed E-state index contributed by atoms with van der Waals surface area (Å²) in [4.78, 5) is 14.6. The third-order valence-corrected chi connectivity index (χ3v) is 3.86. The molecular weight excluding hydrogens is 252 g/mol. The van der Waals surface area contributed by atoms with Gasteiger partial charge in [-0.1, -0.05) is 0 Å². The van der Waals surface area contributed by atoms with E-state index in [0.717, 1.165) is 42.7 Å². The minimum atomic E-state index is 0.00560. The minimum Gasteiger partial charge on any atom is -0.461 e. The first-order valence-electron chi connectivity index (χ1n) is 7.11. The van der Waals surface area contributed by atoms with E-state index < -0.39 is 0 Å². The summed E-state index contributed by atoms with van der Waals surface area (Å²) in [6.07, 6.45) is 2.20. The first-order chi connectivity index (χ1) is 9.61. The molecule has 1 N–H and O–H groups in total. The summed E-state index contributed by atoms with van der Waals surface area (Å²) in [7, 11) is 2.10. The number of rotatable bonds is 2.